The molecule has 3 rings (SSSR count). The van der Waals surface area contributed by atoms with Crippen LogP contribution in [-0.4, -0.2) is 16.0 Å². The summed E-state index contributed by atoms with van der Waals surface area (Å²) in [5, 5.41) is 14.9. The number of hydrogen-bond donors (Lipinski definition) is 3. The predicted octanol–water partition coefficient (Wildman–Crippen LogP) is 4.68. The summed E-state index contributed by atoms with van der Waals surface area (Å²) in [6.45, 7) is 0. The number of rotatable bonds is 4. The molecule has 1 aromatic heterocycles. The number of carbonyl (C=O) groups excluding carboxylic acids is 1. The number of aromatic hydroxyl groups is 1. The second-order valence-electron chi connectivity index (χ2n) is 5.16. The summed E-state index contributed by atoms with van der Waals surface area (Å²) in [5.74, 6) is -1.31. The van der Waals surface area contributed by atoms with Gasteiger partial charge in [0.25, 0.3) is 5.91 Å². The molecule has 0 atom stereocenters. The molecule has 0 saturated carbocycles. The molecule has 2 aromatic carbocycles. The van der Waals surface area contributed by atoms with Gasteiger partial charge >= 0.3 is 0 Å². The molecule has 126 valence electrons. The lowest BCUT2D eigenvalue weighted by atomic mass is 10.2. The number of amides is 1. The minimum Gasteiger partial charge on any atom is -0.505 e. The summed E-state index contributed by atoms with van der Waals surface area (Å²) >= 11 is 3.29. The van der Waals surface area contributed by atoms with Crippen molar-refractivity contribution in [1.82, 2.24) is 4.98 Å². The van der Waals surface area contributed by atoms with Crippen LogP contribution in [0.2, 0.25) is 0 Å². The summed E-state index contributed by atoms with van der Waals surface area (Å²) in [7, 11) is 0. The van der Waals surface area contributed by atoms with E-state index in [9.17, 15) is 14.3 Å². The number of nitrogens with zero attached hydrogens (tertiary/aromatic N) is 1. The average molecular weight is 402 g/mol. The SMILES string of the molecule is O=C(Nc1ccccc1)c1cc(Br)cnc1Nc1ccc(O)c(F)c1. The molecule has 0 spiro atoms. The molecule has 7 heteroatoms. The maximum Gasteiger partial charge on any atom is 0.259 e. The Hall–Kier alpha value is -2.93. The molecule has 3 N–H and O–H groups in total. The Bertz CT molecular complexity index is 919. The van der Waals surface area contributed by atoms with Gasteiger partial charge in [0.05, 0.1) is 5.56 Å². The molecule has 3 aromatic rings. The zero-order valence-electron chi connectivity index (χ0n) is 12.8. The summed E-state index contributed by atoms with van der Waals surface area (Å²) in [6, 6.07) is 14.5. The van der Waals surface area contributed by atoms with E-state index < -0.39 is 11.6 Å². The highest BCUT2D eigenvalue weighted by atomic mass is 79.9. The van der Waals surface area contributed by atoms with Gasteiger partial charge in [-0.3, -0.25) is 4.79 Å². The van der Waals surface area contributed by atoms with Gasteiger partial charge in [-0.15, -0.1) is 0 Å². The second-order valence-corrected chi connectivity index (χ2v) is 6.08. The normalized spacial score (nSPS) is 10.3. The summed E-state index contributed by atoms with van der Waals surface area (Å²) in [4.78, 5) is 16.8. The third kappa shape index (κ3) is 4.13. The lowest BCUT2D eigenvalue weighted by Gasteiger charge is -2.12. The largest absolute Gasteiger partial charge is 0.505 e. The van der Waals surface area contributed by atoms with Crippen LogP contribution in [0.4, 0.5) is 21.6 Å². The van der Waals surface area contributed by atoms with E-state index in [0.29, 0.717) is 15.8 Å². The zero-order chi connectivity index (χ0) is 17.8. The van der Waals surface area contributed by atoms with Gasteiger partial charge in [0.15, 0.2) is 11.6 Å². The van der Waals surface area contributed by atoms with E-state index in [1.165, 1.54) is 18.3 Å². The standard InChI is InChI=1S/C18H13BrFN3O2/c19-11-8-14(18(25)23-12-4-2-1-3-5-12)17(21-10-11)22-13-6-7-16(24)15(20)9-13/h1-10,24H,(H,21,22)(H,23,25). The maximum absolute atomic E-state index is 13.5. The minimum absolute atomic E-state index is 0.265. The van der Waals surface area contributed by atoms with E-state index in [1.54, 1.807) is 18.2 Å². The van der Waals surface area contributed by atoms with Crippen molar-refractivity contribution in [2.24, 2.45) is 0 Å². The van der Waals surface area contributed by atoms with Gasteiger partial charge in [-0.2, -0.15) is 0 Å². The maximum atomic E-state index is 13.5. The van der Waals surface area contributed by atoms with Crippen molar-refractivity contribution in [1.29, 1.82) is 0 Å². The fourth-order valence-electron chi connectivity index (χ4n) is 2.15. The minimum atomic E-state index is -0.766. The summed E-state index contributed by atoms with van der Waals surface area (Å²) in [6.07, 6.45) is 1.53. The Labute approximate surface area is 151 Å². The second kappa shape index (κ2) is 7.31. The van der Waals surface area contributed by atoms with Crippen molar-refractivity contribution < 1.29 is 14.3 Å². The quantitative estimate of drug-likeness (QED) is 0.554. The van der Waals surface area contributed by atoms with Crippen molar-refractivity contribution in [2.45, 2.75) is 0 Å². The Kier molecular flexibility index (Phi) is 4.95. The van der Waals surface area contributed by atoms with Crippen LogP contribution in [0.5, 0.6) is 5.75 Å². The molecule has 0 aliphatic heterocycles. The first-order chi connectivity index (χ1) is 12.0. The highest BCUT2D eigenvalue weighted by Crippen LogP contribution is 2.25. The number of benzene rings is 2. The van der Waals surface area contributed by atoms with E-state index >= 15 is 0 Å². The van der Waals surface area contributed by atoms with Crippen molar-refractivity contribution in [3.05, 3.63) is 76.6 Å². The van der Waals surface area contributed by atoms with Crippen LogP contribution in [0.15, 0.2) is 65.3 Å². The number of phenolic OH excluding ortho intramolecular Hbond substituents is 1. The molecule has 1 heterocycles. The third-order valence-electron chi connectivity index (χ3n) is 3.34. The topological polar surface area (TPSA) is 74.2 Å². The molecule has 0 aliphatic rings. The first-order valence-electron chi connectivity index (χ1n) is 7.30. The van der Waals surface area contributed by atoms with Crippen LogP contribution in [-0.2, 0) is 0 Å². The van der Waals surface area contributed by atoms with Gasteiger partial charge in [0, 0.05) is 28.1 Å². The lowest BCUT2D eigenvalue weighted by molar-refractivity contribution is 0.102. The first-order valence-corrected chi connectivity index (χ1v) is 8.10. The Morgan fingerprint density at radius 3 is 2.56 bits per heavy atom. The predicted molar refractivity (Wildman–Crippen MR) is 97.7 cm³/mol. The van der Waals surface area contributed by atoms with E-state index in [2.05, 4.69) is 31.5 Å². The number of pyridine rings is 1. The van der Waals surface area contributed by atoms with E-state index in [4.69, 9.17) is 0 Å². The Balaban J connectivity index is 1.89. The van der Waals surface area contributed by atoms with Gasteiger partial charge in [0.1, 0.15) is 5.82 Å². The summed E-state index contributed by atoms with van der Waals surface area (Å²) in [5.41, 5.74) is 1.29. The van der Waals surface area contributed by atoms with E-state index in [1.807, 2.05) is 18.2 Å². The smallest absolute Gasteiger partial charge is 0.259 e. The molecule has 25 heavy (non-hydrogen) atoms. The van der Waals surface area contributed by atoms with Crippen molar-refractivity contribution in [3.63, 3.8) is 0 Å². The fraction of sp³-hybridized carbons (Fsp3) is 0. The van der Waals surface area contributed by atoms with Gasteiger partial charge < -0.3 is 15.7 Å². The molecule has 0 fully saturated rings. The molecule has 0 bridgehead atoms. The number of halogens is 2. The molecule has 5 nitrogen and oxygen atoms in total. The number of nitrogens with one attached hydrogen (secondary N) is 2. The van der Waals surface area contributed by atoms with Crippen molar-refractivity contribution in [3.8, 4) is 5.75 Å². The number of hydrogen-bond acceptors (Lipinski definition) is 4. The van der Waals surface area contributed by atoms with E-state index in [-0.39, 0.29) is 17.3 Å². The van der Waals surface area contributed by atoms with Crippen LogP contribution >= 0.6 is 15.9 Å². The highest BCUT2D eigenvalue weighted by Gasteiger charge is 2.15. The Morgan fingerprint density at radius 1 is 1.08 bits per heavy atom. The molecule has 0 saturated heterocycles. The van der Waals surface area contributed by atoms with E-state index in [0.717, 1.165) is 6.07 Å². The molecular formula is C18H13BrFN3O2. The number of para-hydroxylation sites is 1. The zero-order valence-corrected chi connectivity index (χ0v) is 14.4. The van der Waals surface area contributed by atoms with Crippen LogP contribution in [0.25, 0.3) is 0 Å². The van der Waals surface area contributed by atoms with Gasteiger partial charge in [-0.05, 0) is 46.3 Å². The van der Waals surface area contributed by atoms with Crippen LogP contribution in [0.1, 0.15) is 10.4 Å². The van der Waals surface area contributed by atoms with Crippen LogP contribution < -0.4 is 10.6 Å². The van der Waals surface area contributed by atoms with Crippen molar-refractivity contribution >= 4 is 39.0 Å². The van der Waals surface area contributed by atoms with Crippen molar-refractivity contribution in [2.75, 3.05) is 10.6 Å². The first kappa shape index (κ1) is 16.9. The molecular weight excluding hydrogens is 389 g/mol. The summed E-state index contributed by atoms with van der Waals surface area (Å²) < 4.78 is 14.1. The van der Waals surface area contributed by atoms with Crippen LogP contribution in [0.3, 0.4) is 0 Å². The number of phenols is 1. The number of carbonyl (C=O) groups is 1. The number of aromatic nitrogens is 1. The molecule has 0 unspecified atom stereocenters. The molecule has 0 aliphatic carbocycles. The number of anilines is 3. The molecule has 0 radical (unpaired) electrons. The van der Waals surface area contributed by atoms with Crippen LogP contribution in [0, 0.1) is 5.82 Å². The molecule has 1 amide bonds. The average Bonchev–Trinajstić information content (AvgIpc) is 2.60. The lowest BCUT2D eigenvalue weighted by Crippen LogP contribution is -2.14. The third-order valence-corrected chi connectivity index (χ3v) is 3.77. The fourth-order valence-corrected chi connectivity index (χ4v) is 2.48. The van der Waals surface area contributed by atoms with Gasteiger partial charge in [-0.25, -0.2) is 9.37 Å². The van der Waals surface area contributed by atoms with Gasteiger partial charge in [-0.1, -0.05) is 18.2 Å². The van der Waals surface area contributed by atoms with Gasteiger partial charge in [0.2, 0.25) is 0 Å². The Morgan fingerprint density at radius 2 is 1.84 bits per heavy atom. The monoisotopic (exact) mass is 401 g/mol. The highest BCUT2D eigenvalue weighted by molar-refractivity contribution is 9.10.